The first kappa shape index (κ1) is 17.0. The molecule has 0 aliphatic rings. The van der Waals surface area contributed by atoms with E-state index in [-0.39, 0.29) is 12.5 Å². The van der Waals surface area contributed by atoms with Gasteiger partial charge in [0.2, 0.25) is 5.91 Å². The van der Waals surface area contributed by atoms with Gasteiger partial charge in [0.05, 0.1) is 13.7 Å². The molecule has 0 aliphatic carbocycles. The van der Waals surface area contributed by atoms with Gasteiger partial charge in [0, 0.05) is 12.2 Å². The lowest BCUT2D eigenvalue weighted by Crippen LogP contribution is -2.28. The average Bonchev–Trinajstić information content (AvgIpc) is 2.57. The molecule has 0 bridgehead atoms. The molecule has 0 fully saturated rings. The summed E-state index contributed by atoms with van der Waals surface area (Å²) in [5.74, 6) is 0.806. The van der Waals surface area contributed by atoms with Crippen molar-refractivity contribution in [3.05, 3.63) is 59.2 Å². The van der Waals surface area contributed by atoms with E-state index in [4.69, 9.17) is 4.74 Å². The zero-order valence-corrected chi connectivity index (χ0v) is 14.0. The van der Waals surface area contributed by atoms with E-state index in [2.05, 4.69) is 17.6 Å². The quantitative estimate of drug-likeness (QED) is 0.825. The van der Waals surface area contributed by atoms with Crippen molar-refractivity contribution in [2.24, 2.45) is 0 Å². The van der Waals surface area contributed by atoms with Crippen LogP contribution < -0.4 is 15.4 Å². The van der Waals surface area contributed by atoms with Crippen LogP contribution in [0.1, 0.15) is 23.6 Å². The second-order valence-electron chi connectivity index (χ2n) is 5.46. The number of para-hydroxylation sites is 1. The molecule has 1 amide bonds. The molecular weight excluding hydrogens is 288 g/mol. The van der Waals surface area contributed by atoms with Gasteiger partial charge >= 0.3 is 0 Å². The Morgan fingerprint density at radius 1 is 1.13 bits per heavy atom. The molecule has 0 aromatic heterocycles. The Bertz CT molecular complexity index is 651. The number of amides is 1. The Kier molecular flexibility index (Phi) is 6.18. The normalized spacial score (nSPS) is 10.4. The third kappa shape index (κ3) is 4.83. The fourth-order valence-electron chi connectivity index (χ4n) is 2.45. The van der Waals surface area contributed by atoms with Crippen LogP contribution in [0.25, 0.3) is 0 Å². The summed E-state index contributed by atoms with van der Waals surface area (Å²) in [5.41, 5.74) is 4.30. The van der Waals surface area contributed by atoms with Gasteiger partial charge in [-0.1, -0.05) is 37.3 Å². The van der Waals surface area contributed by atoms with Crippen LogP contribution >= 0.6 is 0 Å². The van der Waals surface area contributed by atoms with Crippen LogP contribution in [0.15, 0.2) is 42.5 Å². The first-order valence-corrected chi connectivity index (χ1v) is 7.86. The van der Waals surface area contributed by atoms with Crippen LogP contribution in [-0.4, -0.2) is 19.6 Å². The molecule has 2 rings (SSSR count). The molecule has 0 aliphatic heterocycles. The number of aryl methyl sites for hydroxylation is 2. The molecule has 0 atom stereocenters. The minimum atomic E-state index is -0.0255. The fraction of sp³-hybridized carbons (Fsp3) is 0.316. The zero-order valence-electron chi connectivity index (χ0n) is 14.0. The highest BCUT2D eigenvalue weighted by Crippen LogP contribution is 2.20. The Labute approximate surface area is 137 Å². The van der Waals surface area contributed by atoms with Crippen LogP contribution in [-0.2, 0) is 17.8 Å². The van der Waals surface area contributed by atoms with Crippen LogP contribution in [0.3, 0.4) is 0 Å². The van der Waals surface area contributed by atoms with Crippen molar-refractivity contribution in [2.45, 2.75) is 26.8 Å². The number of methoxy groups -OCH3 is 1. The van der Waals surface area contributed by atoms with E-state index in [9.17, 15) is 4.79 Å². The fourth-order valence-corrected chi connectivity index (χ4v) is 2.45. The minimum Gasteiger partial charge on any atom is -0.497 e. The van der Waals surface area contributed by atoms with Crippen molar-refractivity contribution < 1.29 is 9.53 Å². The van der Waals surface area contributed by atoms with Crippen LogP contribution in [0.5, 0.6) is 5.75 Å². The van der Waals surface area contributed by atoms with Crippen molar-refractivity contribution in [1.29, 1.82) is 0 Å². The highest BCUT2D eigenvalue weighted by Gasteiger charge is 2.08. The smallest absolute Gasteiger partial charge is 0.238 e. The number of benzene rings is 2. The standard InChI is InChI=1S/C19H24N2O2/c1-4-16-7-5-6-14(2)19(16)21-18(22)13-20-12-15-8-10-17(23-3)11-9-15/h5-11,20H,4,12-13H2,1-3H3,(H,21,22). The van der Waals surface area contributed by atoms with Gasteiger partial charge in [-0.2, -0.15) is 0 Å². The number of anilines is 1. The number of rotatable bonds is 7. The molecule has 122 valence electrons. The van der Waals surface area contributed by atoms with Gasteiger partial charge in [0.1, 0.15) is 5.75 Å². The largest absolute Gasteiger partial charge is 0.497 e. The van der Waals surface area contributed by atoms with Crippen molar-refractivity contribution in [3.63, 3.8) is 0 Å². The van der Waals surface area contributed by atoms with Crippen LogP contribution in [0, 0.1) is 6.92 Å². The predicted molar refractivity (Wildman–Crippen MR) is 93.9 cm³/mol. The summed E-state index contributed by atoms with van der Waals surface area (Å²) in [5, 5.41) is 6.18. The molecule has 4 heteroatoms. The summed E-state index contributed by atoms with van der Waals surface area (Å²) < 4.78 is 5.13. The van der Waals surface area contributed by atoms with Gasteiger partial charge in [-0.15, -0.1) is 0 Å². The number of ether oxygens (including phenoxy) is 1. The lowest BCUT2D eigenvalue weighted by atomic mass is 10.1. The van der Waals surface area contributed by atoms with Crippen LogP contribution in [0.2, 0.25) is 0 Å². The highest BCUT2D eigenvalue weighted by atomic mass is 16.5. The molecule has 0 radical (unpaired) electrons. The van der Waals surface area contributed by atoms with E-state index in [0.29, 0.717) is 6.54 Å². The topological polar surface area (TPSA) is 50.4 Å². The van der Waals surface area contributed by atoms with Crippen molar-refractivity contribution >= 4 is 11.6 Å². The lowest BCUT2D eigenvalue weighted by Gasteiger charge is -2.13. The van der Waals surface area contributed by atoms with Crippen molar-refractivity contribution in [3.8, 4) is 5.75 Å². The van der Waals surface area contributed by atoms with Gasteiger partial charge in [-0.05, 0) is 42.2 Å². The first-order valence-electron chi connectivity index (χ1n) is 7.86. The van der Waals surface area contributed by atoms with Gasteiger partial charge in [-0.3, -0.25) is 4.79 Å². The van der Waals surface area contributed by atoms with E-state index in [1.54, 1.807) is 7.11 Å². The number of nitrogens with one attached hydrogen (secondary N) is 2. The minimum absolute atomic E-state index is 0.0255. The zero-order chi connectivity index (χ0) is 16.7. The monoisotopic (exact) mass is 312 g/mol. The Morgan fingerprint density at radius 3 is 2.52 bits per heavy atom. The van der Waals surface area contributed by atoms with Crippen molar-refractivity contribution in [2.75, 3.05) is 19.0 Å². The lowest BCUT2D eigenvalue weighted by molar-refractivity contribution is -0.115. The SMILES string of the molecule is CCc1cccc(C)c1NC(=O)CNCc1ccc(OC)cc1. The molecule has 23 heavy (non-hydrogen) atoms. The second kappa shape index (κ2) is 8.34. The number of hydrogen-bond donors (Lipinski definition) is 2. The maximum atomic E-state index is 12.1. The molecule has 4 nitrogen and oxygen atoms in total. The van der Waals surface area contributed by atoms with E-state index in [1.165, 1.54) is 0 Å². The molecule has 0 saturated carbocycles. The summed E-state index contributed by atoms with van der Waals surface area (Å²) >= 11 is 0. The number of carbonyl (C=O) groups excluding carboxylic acids is 1. The third-order valence-electron chi connectivity index (χ3n) is 3.78. The number of hydrogen-bond acceptors (Lipinski definition) is 3. The summed E-state index contributed by atoms with van der Waals surface area (Å²) in [4.78, 5) is 12.1. The summed E-state index contributed by atoms with van der Waals surface area (Å²) in [6.07, 6.45) is 0.899. The molecule has 0 spiro atoms. The predicted octanol–water partition coefficient (Wildman–Crippen LogP) is 3.29. The molecule has 0 unspecified atom stereocenters. The average molecular weight is 312 g/mol. The second-order valence-corrected chi connectivity index (χ2v) is 5.46. The maximum absolute atomic E-state index is 12.1. The van der Waals surface area contributed by atoms with Gasteiger partial charge in [-0.25, -0.2) is 0 Å². The number of carbonyl (C=O) groups is 1. The van der Waals surface area contributed by atoms with Gasteiger partial charge < -0.3 is 15.4 Å². The molecule has 0 saturated heterocycles. The summed E-state index contributed by atoms with van der Waals surface area (Å²) in [6, 6.07) is 13.9. The van der Waals surface area contributed by atoms with Gasteiger partial charge in [0.15, 0.2) is 0 Å². The van der Waals surface area contributed by atoms with Gasteiger partial charge in [0.25, 0.3) is 0 Å². The Morgan fingerprint density at radius 2 is 1.87 bits per heavy atom. The van der Waals surface area contributed by atoms with Crippen LogP contribution in [0.4, 0.5) is 5.69 Å². The van der Waals surface area contributed by atoms with E-state index in [1.807, 2.05) is 49.4 Å². The maximum Gasteiger partial charge on any atom is 0.238 e. The third-order valence-corrected chi connectivity index (χ3v) is 3.78. The van der Waals surface area contributed by atoms with E-state index in [0.717, 1.165) is 34.5 Å². The molecular formula is C19H24N2O2. The molecule has 2 aromatic carbocycles. The Balaban J connectivity index is 1.85. The molecule has 0 heterocycles. The highest BCUT2D eigenvalue weighted by molar-refractivity contribution is 5.93. The summed E-state index contributed by atoms with van der Waals surface area (Å²) in [7, 11) is 1.65. The Hall–Kier alpha value is -2.33. The van der Waals surface area contributed by atoms with E-state index >= 15 is 0 Å². The summed E-state index contributed by atoms with van der Waals surface area (Å²) in [6.45, 7) is 5.03. The van der Waals surface area contributed by atoms with Crippen molar-refractivity contribution in [1.82, 2.24) is 5.32 Å². The molecule has 2 N–H and O–H groups in total. The molecule has 2 aromatic rings. The first-order chi connectivity index (χ1) is 11.1. The van der Waals surface area contributed by atoms with E-state index < -0.39 is 0 Å².